The lowest BCUT2D eigenvalue weighted by Gasteiger charge is -2.22. The molecule has 0 radical (unpaired) electrons. The number of hydrogen-bond acceptors (Lipinski definition) is 9. The van der Waals surface area contributed by atoms with Crippen molar-refractivity contribution in [2.24, 2.45) is 11.7 Å². The summed E-state index contributed by atoms with van der Waals surface area (Å²) in [5.74, 6) is 1.49. The number of likely N-dealkylation sites (tertiary alicyclic amines) is 1. The third kappa shape index (κ3) is 6.66. The van der Waals surface area contributed by atoms with Crippen molar-refractivity contribution in [1.82, 2.24) is 24.8 Å². The third-order valence-electron chi connectivity index (χ3n) is 6.13. The van der Waals surface area contributed by atoms with Gasteiger partial charge >= 0.3 is 0 Å². The summed E-state index contributed by atoms with van der Waals surface area (Å²) >= 11 is 0. The van der Waals surface area contributed by atoms with E-state index < -0.39 is 5.91 Å². The zero-order valence-corrected chi connectivity index (χ0v) is 21.4. The molecule has 190 valence electrons. The summed E-state index contributed by atoms with van der Waals surface area (Å²) < 4.78 is 0. The van der Waals surface area contributed by atoms with E-state index in [1.54, 1.807) is 12.1 Å². The molecule has 1 aliphatic rings. The van der Waals surface area contributed by atoms with Gasteiger partial charge in [-0.05, 0) is 54.7 Å². The number of carbonyl (C=O) groups is 1. The van der Waals surface area contributed by atoms with Crippen LogP contribution in [0.4, 0.5) is 23.5 Å². The number of amides is 1. The molecule has 4 N–H and O–H groups in total. The molecule has 0 unspecified atom stereocenters. The first-order valence-electron chi connectivity index (χ1n) is 12.3. The number of primary amides is 1. The quantitative estimate of drug-likeness (QED) is 0.394. The minimum Gasteiger partial charge on any atom is -0.366 e. The number of aromatic nitrogens is 4. The van der Waals surface area contributed by atoms with E-state index in [0.29, 0.717) is 29.3 Å². The van der Waals surface area contributed by atoms with Gasteiger partial charge in [0.2, 0.25) is 23.8 Å². The van der Waals surface area contributed by atoms with Gasteiger partial charge in [0, 0.05) is 62.9 Å². The van der Waals surface area contributed by atoms with Crippen molar-refractivity contribution in [3.8, 4) is 0 Å². The molecule has 4 rings (SSSR count). The molecular weight excluding hydrogens is 454 g/mol. The monoisotopic (exact) mass is 489 g/mol. The molecule has 3 heterocycles. The Morgan fingerprint density at radius 2 is 1.92 bits per heavy atom. The smallest absolute Gasteiger partial charge is 0.248 e. The molecule has 1 amide bonds. The summed E-state index contributed by atoms with van der Waals surface area (Å²) in [7, 11) is 1.98. The van der Waals surface area contributed by atoms with E-state index in [9.17, 15) is 4.79 Å². The number of aryl methyl sites for hydroxylation is 1. The van der Waals surface area contributed by atoms with E-state index in [-0.39, 0.29) is 6.04 Å². The zero-order valence-electron chi connectivity index (χ0n) is 21.4. The number of pyridine rings is 1. The molecule has 1 fully saturated rings. The standard InChI is InChI=1S/C26H35N9O/c1-17(2)14-34(4)26-32-24(29-21-9-12-35(16-21)15-19-7-10-28-11-8-19)31-25(33-26)30-22-13-20(23(27)36)6-5-18(22)3/h5-8,10-11,13,17,21H,9,12,14-16H2,1-4H3,(H2,27,36)(H2,29,30,31,32,33)/t21-/m0/s1. The van der Waals surface area contributed by atoms with Crippen LogP contribution in [0.25, 0.3) is 0 Å². The normalized spacial score (nSPS) is 15.8. The van der Waals surface area contributed by atoms with Gasteiger partial charge in [-0.2, -0.15) is 15.0 Å². The first-order chi connectivity index (χ1) is 17.3. The lowest BCUT2D eigenvalue weighted by molar-refractivity contribution is 0.100. The minimum atomic E-state index is -0.481. The Morgan fingerprint density at radius 1 is 1.17 bits per heavy atom. The minimum absolute atomic E-state index is 0.227. The highest BCUT2D eigenvalue weighted by Gasteiger charge is 2.24. The van der Waals surface area contributed by atoms with Crippen LogP contribution in [0.15, 0.2) is 42.7 Å². The van der Waals surface area contributed by atoms with Crippen LogP contribution < -0.4 is 21.3 Å². The largest absolute Gasteiger partial charge is 0.366 e. The van der Waals surface area contributed by atoms with Crippen molar-refractivity contribution in [3.05, 3.63) is 59.4 Å². The van der Waals surface area contributed by atoms with Crippen LogP contribution in [0.1, 0.15) is 41.8 Å². The highest BCUT2D eigenvalue weighted by Crippen LogP contribution is 2.23. The number of rotatable bonds is 10. The Kier molecular flexibility index (Phi) is 7.94. The molecule has 3 aromatic rings. The molecule has 0 aliphatic carbocycles. The number of benzene rings is 1. The average molecular weight is 490 g/mol. The van der Waals surface area contributed by atoms with Gasteiger partial charge in [-0.15, -0.1) is 0 Å². The molecule has 0 spiro atoms. The molecule has 1 saturated heterocycles. The Labute approximate surface area is 212 Å². The summed E-state index contributed by atoms with van der Waals surface area (Å²) in [5.41, 5.74) is 8.84. The maximum atomic E-state index is 11.7. The van der Waals surface area contributed by atoms with E-state index in [1.165, 1.54) is 5.56 Å². The van der Waals surface area contributed by atoms with E-state index >= 15 is 0 Å². The first-order valence-corrected chi connectivity index (χ1v) is 12.3. The van der Waals surface area contributed by atoms with Gasteiger partial charge in [-0.25, -0.2) is 0 Å². The van der Waals surface area contributed by atoms with Crippen molar-refractivity contribution in [2.45, 2.75) is 39.8 Å². The van der Waals surface area contributed by atoms with Crippen molar-refractivity contribution >= 4 is 29.4 Å². The SMILES string of the molecule is Cc1ccc(C(N)=O)cc1Nc1nc(N[C@H]2CCN(Cc3ccncc3)C2)nc(N(C)CC(C)C)n1. The van der Waals surface area contributed by atoms with Crippen molar-refractivity contribution in [1.29, 1.82) is 0 Å². The van der Waals surface area contributed by atoms with Gasteiger partial charge in [0.05, 0.1) is 0 Å². The molecule has 2 aromatic heterocycles. The molecule has 0 bridgehead atoms. The molecule has 36 heavy (non-hydrogen) atoms. The van der Waals surface area contributed by atoms with Gasteiger partial charge in [0.25, 0.3) is 0 Å². The van der Waals surface area contributed by atoms with Crippen LogP contribution in [-0.2, 0) is 6.54 Å². The van der Waals surface area contributed by atoms with Gasteiger partial charge in [0.1, 0.15) is 0 Å². The van der Waals surface area contributed by atoms with Crippen LogP contribution in [0, 0.1) is 12.8 Å². The number of anilines is 4. The maximum absolute atomic E-state index is 11.7. The average Bonchev–Trinajstić information content (AvgIpc) is 3.27. The second-order valence-electron chi connectivity index (χ2n) is 9.80. The Balaban J connectivity index is 1.53. The van der Waals surface area contributed by atoms with Crippen LogP contribution in [0.3, 0.4) is 0 Å². The molecular formula is C26H35N9O. The topological polar surface area (TPSA) is 125 Å². The first kappa shape index (κ1) is 25.3. The molecule has 1 atom stereocenters. The van der Waals surface area contributed by atoms with E-state index in [1.807, 2.05) is 37.3 Å². The number of nitrogens with two attached hydrogens (primary N) is 1. The molecule has 1 aromatic carbocycles. The molecule has 0 saturated carbocycles. The van der Waals surface area contributed by atoms with E-state index in [4.69, 9.17) is 10.7 Å². The fourth-order valence-electron chi connectivity index (χ4n) is 4.34. The Hall–Kier alpha value is -3.79. The van der Waals surface area contributed by atoms with Crippen molar-refractivity contribution < 1.29 is 4.79 Å². The fourth-order valence-corrected chi connectivity index (χ4v) is 4.34. The Bertz CT molecular complexity index is 1190. The van der Waals surface area contributed by atoms with Crippen molar-refractivity contribution in [2.75, 3.05) is 42.2 Å². The highest BCUT2D eigenvalue weighted by atomic mass is 16.1. The van der Waals surface area contributed by atoms with Crippen LogP contribution in [0.5, 0.6) is 0 Å². The fraction of sp³-hybridized carbons (Fsp3) is 0.423. The summed E-state index contributed by atoms with van der Waals surface area (Å²) in [5, 5.41) is 6.79. The van der Waals surface area contributed by atoms with E-state index in [0.717, 1.165) is 43.9 Å². The van der Waals surface area contributed by atoms with Gasteiger partial charge in [0.15, 0.2) is 0 Å². The summed E-state index contributed by atoms with van der Waals surface area (Å²) in [6.45, 7) is 9.86. The Morgan fingerprint density at radius 3 is 2.64 bits per heavy atom. The second-order valence-corrected chi connectivity index (χ2v) is 9.80. The highest BCUT2D eigenvalue weighted by molar-refractivity contribution is 5.94. The zero-order chi connectivity index (χ0) is 25.7. The number of nitrogens with one attached hydrogen (secondary N) is 2. The van der Waals surface area contributed by atoms with Gasteiger partial charge < -0.3 is 21.3 Å². The maximum Gasteiger partial charge on any atom is 0.248 e. The van der Waals surface area contributed by atoms with Gasteiger partial charge in [-0.3, -0.25) is 14.7 Å². The number of hydrogen-bond donors (Lipinski definition) is 3. The van der Waals surface area contributed by atoms with Gasteiger partial charge in [-0.1, -0.05) is 19.9 Å². The van der Waals surface area contributed by atoms with Crippen LogP contribution in [0.2, 0.25) is 0 Å². The summed E-state index contributed by atoms with van der Waals surface area (Å²) in [4.78, 5) is 34.3. The predicted molar refractivity (Wildman–Crippen MR) is 142 cm³/mol. The lowest BCUT2D eigenvalue weighted by atomic mass is 10.1. The number of nitrogens with zero attached hydrogens (tertiary/aromatic N) is 6. The lowest BCUT2D eigenvalue weighted by Crippen LogP contribution is -2.28. The van der Waals surface area contributed by atoms with Crippen molar-refractivity contribution in [3.63, 3.8) is 0 Å². The van der Waals surface area contributed by atoms with E-state index in [2.05, 4.69) is 56.5 Å². The molecule has 1 aliphatic heterocycles. The van der Waals surface area contributed by atoms with Crippen LogP contribution >= 0.6 is 0 Å². The third-order valence-corrected chi connectivity index (χ3v) is 6.13. The number of carbonyl (C=O) groups excluding carboxylic acids is 1. The molecule has 10 heteroatoms. The second kappa shape index (κ2) is 11.3. The summed E-state index contributed by atoms with van der Waals surface area (Å²) in [6.07, 6.45) is 4.66. The predicted octanol–water partition coefficient (Wildman–Crippen LogP) is 3.20. The van der Waals surface area contributed by atoms with Crippen LogP contribution in [-0.4, -0.2) is 63.5 Å². The summed E-state index contributed by atoms with van der Waals surface area (Å²) in [6, 6.07) is 9.62. The molecule has 10 nitrogen and oxygen atoms in total.